The third kappa shape index (κ3) is 2.92. The molecule has 1 aliphatic heterocycles. The number of likely N-dealkylation sites (tertiary alicyclic amines) is 1. The first kappa shape index (κ1) is 18.2. The van der Waals surface area contributed by atoms with Crippen molar-refractivity contribution in [3.63, 3.8) is 0 Å². The summed E-state index contributed by atoms with van der Waals surface area (Å²) in [5, 5.41) is 5.42. The fourth-order valence-electron chi connectivity index (χ4n) is 4.61. The number of hydrogen-bond donors (Lipinski definition) is 1. The Morgan fingerprint density at radius 1 is 1.10 bits per heavy atom. The van der Waals surface area contributed by atoms with Crippen LogP contribution in [0.25, 0.3) is 21.0 Å². The van der Waals surface area contributed by atoms with Crippen LogP contribution < -0.4 is 5.32 Å². The number of imide groups is 1. The van der Waals surface area contributed by atoms with Gasteiger partial charge in [0.2, 0.25) is 17.7 Å². The zero-order chi connectivity index (χ0) is 20.1. The molecule has 2 aliphatic rings. The molecule has 5 rings (SSSR count). The van der Waals surface area contributed by atoms with Gasteiger partial charge in [-0.2, -0.15) is 0 Å². The number of nitrogens with one attached hydrogen (secondary N) is 1. The van der Waals surface area contributed by atoms with E-state index in [2.05, 4.69) is 10.3 Å². The maximum absolute atomic E-state index is 12.8. The molecule has 6 nitrogen and oxygen atoms in total. The number of benzene rings is 2. The lowest BCUT2D eigenvalue weighted by Crippen LogP contribution is -2.46. The predicted octanol–water partition coefficient (Wildman–Crippen LogP) is 3.95. The van der Waals surface area contributed by atoms with Crippen molar-refractivity contribution in [3.05, 3.63) is 36.4 Å². The highest BCUT2D eigenvalue weighted by Gasteiger charge is 2.50. The molecule has 3 atom stereocenters. The highest BCUT2D eigenvalue weighted by Crippen LogP contribution is 2.39. The average molecular weight is 407 g/mol. The summed E-state index contributed by atoms with van der Waals surface area (Å²) in [5.74, 6) is -1.27. The summed E-state index contributed by atoms with van der Waals surface area (Å²) in [5.41, 5.74) is 0.843. The molecular weight excluding hydrogens is 386 g/mol. The van der Waals surface area contributed by atoms with Crippen molar-refractivity contribution in [1.82, 2.24) is 9.88 Å². The minimum atomic E-state index is -0.843. The fourth-order valence-corrected chi connectivity index (χ4v) is 5.50. The van der Waals surface area contributed by atoms with Crippen LogP contribution in [0.15, 0.2) is 36.4 Å². The van der Waals surface area contributed by atoms with Crippen LogP contribution in [-0.2, 0) is 14.4 Å². The van der Waals surface area contributed by atoms with Crippen molar-refractivity contribution >= 4 is 55.2 Å². The largest absolute Gasteiger partial charge is 0.300 e. The lowest BCUT2D eigenvalue weighted by molar-refractivity contribution is -0.146. The molecule has 3 aromatic rings. The summed E-state index contributed by atoms with van der Waals surface area (Å²) in [4.78, 5) is 44.1. The van der Waals surface area contributed by atoms with E-state index in [-0.39, 0.29) is 29.6 Å². The molecule has 148 valence electrons. The molecule has 1 saturated heterocycles. The van der Waals surface area contributed by atoms with E-state index in [0.29, 0.717) is 5.13 Å². The normalized spacial score (nSPS) is 22.9. The van der Waals surface area contributed by atoms with E-state index in [4.69, 9.17) is 0 Å². The highest BCUT2D eigenvalue weighted by atomic mass is 32.1. The Balaban J connectivity index is 1.39. The molecule has 1 saturated carbocycles. The van der Waals surface area contributed by atoms with Crippen LogP contribution in [0, 0.1) is 11.8 Å². The lowest BCUT2D eigenvalue weighted by atomic mass is 9.81. The monoisotopic (exact) mass is 407 g/mol. The van der Waals surface area contributed by atoms with Crippen molar-refractivity contribution < 1.29 is 14.4 Å². The van der Waals surface area contributed by atoms with Crippen molar-refractivity contribution in [2.24, 2.45) is 11.8 Å². The van der Waals surface area contributed by atoms with Gasteiger partial charge in [0.1, 0.15) is 6.04 Å². The van der Waals surface area contributed by atoms with E-state index in [1.54, 1.807) is 6.92 Å². The van der Waals surface area contributed by atoms with Gasteiger partial charge in [0.25, 0.3) is 0 Å². The first-order chi connectivity index (χ1) is 14.0. The van der Waals surface area contributed by atoms with E-state index in [1.807, 2.05) is 36.4 Å². The second-order valence-corrected chi connectivity index (χ2v) is 8.89. The van der Waals surface area contributed by atoms with Gasteiger partial charge in [-0.1, -0.05) is 54.5 Å². The maximum atomic E-state index is 12.8. The Labute approximate surface area is 171 Å². The van der Waals surface area contributed by atoms with Gasteiger partial charge >= 0.3 is 0 Å². The second kappa shape index (κ2) is 6.91. The van der Waals surface area contributed by atoms with Crippen LogP contribution in [-0.4, -0.2) is 33.6 Å². The summed E-state index contributed by atoms with van der Waals surface area (Å²) in [7, 11) is 0. The number of rotatable bonds is 3. The molecular formula is C22H21N3O3S. The van der Waals surface area contributed by atoms with Gasteiger partial charge in [0, 0.05) is 5.39 Å². The topological polar surface area (TPSA) is 79.4 Å². The number of aromatic nitrogens is 1. The standard InChI is InChI=1S/C22H21N3O3S/c1-12(25-20(27)15-8-4-5-9-16(15)21(25)28)19(26)24-22-23-18-14-7-3-2-6-13(14)10-11-17(18)29-22/h2-3,6-7,10-12,15-16H,4-5,8-9H2,1H3,(H,23,24,26). The van der Waals surface area contributed by atoms with Gasteiger partial charge in [-0.05, 0) is 31.2 Å². The van der Waals surface area contributed by atoms with Crippen LogP contribution in [0.1, 0.15) is 32.6 Å². The molecule has 2 heterocycles. The van der Waals surface area contributed by atoms with Crippen molar-refractivity contribution in [2.75, 3.05) is 5.32 Å². The predicted molar refractivity (Wildman–Crippen MR) is 113 cm³/mol. The molecule has 1 N–H and O–H groups in total. The Morgan fingerprint density at radius 2 is 1.79 bits per heavy atom. The van der Waals surface area contributed by atoms with Gasteiger partial charge in [0.15, 0.2) is 5.13 Å². The SMILES string of the molecule is CC(C(=O)Nc1nc2c(ccc3ccccc32)s1)N1C(=O)C2CCCCC2C1=O. The summed E-state index contributed by atoms with van der Waals surface area (Å²) in [6.07, 6.45) is 3.42. The number of fused-ring (bicyclic) bond motifs is 4. The number of nitrogens with zero attached hydrogens (tertiary/aromatic N) is 2. The minimum Gasteiger partial charge on any atom is -0.300 e. The number of carbonyl (C=O) groups is 3. The smallest absolute Gasteiger partial charge is 0.249 e. The first-order valence-corrected chi connectivity index (χ1v) is 10.8. The second-order valence-electron chi connectivity index (χ2n) is 7.86. The zero-order valence-corrected chi connectivity index (χ0v) is 16.9. The fraction of sp³-hybridized carbons (Fsp3) is 0.364. The van der Waals surface area contributed by atoms with Gasteiger partial charge < -0.3 is 5.32 Å². The van der Waals surface area contributed by atoms with Crippen LogP contribution in [0.4, 0.5) is 5.13 Å². The molecule has 1 aromatic heterocycles. The van der Waals surface area contributed by atoms with Crippen molar-refractivity contribution in [1.29, 1.82) is 0 Å². The maximum Gasteiger partial charge on any atom is 0.249 e. The van der Waals surface area contributed by atoms with Crippen LogP contribution in [0.5, 0.6) is 0 Å². The number of hydrogen-bond acceptors (Lipinski definition) is 5. The van der Waals surface area contributed by atoms with E-state index in [1.165, 1.54) is 16.2 Å². The molecule has 3 unspecified atom stereocenters. The Kier molecular flexibility index (Phi) is 4.35. The van der Waals surface area contributed by atoms with E-state index < -0.39 is 6.04 Å². The Hall–Kier alpha value is -2.80. The quantitative estimate of drug-likeness (QED) is 0.667. The molecule has 2 fully saturated rings. The third-order valence-electron chi connectivity index (χ3n) is 6.16. The van der Waals surface area contributed by atoms with Crippen LogP contribution in [0.3, 0.4) is 0 Å². The summed E-state index contributed by atoms with van der Waals surface area (Å²) < 4.78 is 0.978. The number of thiazole rings is 1. The zero-order valence-electron chi connectivity index (χ0n) is 16.1. The third-order valence-corrected chi connectivity index (χ3v) is 7.09. The summed E-state index contributed by atoms with van der Waals surface area (Å²) >= 11 is 1.39. The van der Waals surface area contributed by atoms with Gasteiger partial charge in [-0.3, -0.25) is 19.3 Å². The van der Waals surface area contributed by atoms with Gasteiger partial charge in [-0.25, -0.2) is 4.98 Å². The molecule has 0 bridgehead atoms. The number of amides is 3. The first-order valence-electron chi connectivity index (χ1n) is 10.0. The lowest BCUT2D eigenvalue weighted by Gasteiger charge is -2.21. The minimum absolute atomic E-state index is 0.197. The molecule has 1 aliphatic carbocycles. The average Bonchev–Trinajstić information content (AvgIpc) is 3.26. The van der Waals surface area contributed by atoms with E-state index in [9.17, 15) is 14.4 Å². The molecule has 0 spiro atoms. The highest BCUT2D eigenvalue weighted by molar-refractivity contribution is 7.22. The van der Waals surface area contributed by atoms with Crippen molar-refractivity contribution in [3.8, 4) is 0 Å². The van der Waals surface area contributed by atoms with Crippen molar-refractivity contribution in [2.45, 2.75) is 38.6 Å². The van der Waals surface area contributed by atoms with Crippen LogP contribution >= 0.6 is 11.3 Å². The summed E-state index contributed by atoms with van der Waals surface area (Å²) in [6.45, 7) is 1.62. The molecule has 0 radical (unpaired) electrons. The summed E-state index contributed by atoms with van der Waals surface area (Å²) in [6, 6.07) is 11.2. The molecule has 7 heteroatoms. The molecule has 2 aromatic carbocycles. The Morgan fingerprint density at radius 3 is 2.52 bits per heavy atom. The van der Waals surface area contributed by atoms with E-state index >= 15 is 0 Å². The molecule has 29 heavy (non-hydrogen) atoms. The van der Waals surface area contributed by atoms with E-state index in [0.717, 1.165) is 46.7 Å². The van der Waals surface area contributed by atoms with Gasteiger partial charge in [-0.15, -0.1) is 0 Å². The number of carbonyl (C=O) groups excluding carboxylic acids is 3. The Bertz CT molecular complexity index is 1130. The van der Waals surface area contributed by atoms with Crippen LogP contribution in [0.2, 0.25) is 0 Å². The number of anilines is 1. The molecule has 3 amide bonds. The van der Waals surface area contributed by atoms with Gasteiger partial charge in [0.05, 0.1) is 22.1 Å².